The van der Waals surface area contributed by atoms with Crippen LogP contribution in [0.3, 0.4) is 0 Å². The van der Waals surface area contributed by atoms with Crippen molar-refractivity contribution in [2.75, 3.05) is 0 Å². The molecule has 0 unspecified atom stereocenters. The average molecular weight is 395 g/mol. The molecule has 1 N–H and O–H groups in total. The van der Waals surface area contributed by atoms with Gasteiger partial charge in [0.05, 0.1) is 4.90 Å². The molecule has 0 saturated heterocycles. The van der Waals surface area contributed by atoms with Crippen molar-refractivity contribution in [3.05, 3.63) is 23.8 Å². The second-order valence-electron chi connectivity index (χ2n) is 6.53. The van der Waals surface area contributed by atoms with E-state index in [0.717, 1.165) is 25.3 Å². The van der Waals surface area contributed by atoms with E-state index in [2.05, 4.69) is 6.92 Å². The van der Waals surface area contributed by atoms with E-state index >= 15 is 0 Å². The van der Waals surface area contributed by atoms with Crippen LogP contribution in [0.1, 0.15) is 83.1 Å². The van der Waals surface area contributed by atoms with E-state index in [0.29, 0.717) is 12.0 Å². The van der Waals surface area contributed by atoms with Crippen molar-refractivity contribution in [2.45, 2.75) is 88.9 Å². The maximum Gasteiger partial charge on any atom is 1.00 e. The summed E-state index contributed by atoms with van der Waals surface area (Å²) >= 11 is 0. The number of benzene rings is 1. The van der Waals surface area contributed by atoms with Crippen molar-refractivity contribution in [3.8, 4) is 5.75 Å². The van der Waals surface area contributed by atoms with E-state index < -0.39 is 15.9 Å². The number of unbranched alkanes of at least 4 members (excludes halogenated alkanes) is 10. The third-order valence-corrected chi connectivity index (χ3v) is 5.30. The Hall–Kier alpha value is 0.566. The van der Waals surface area contributed by atoms with Gasteiger partial charge in [0.15, 0.2) is 0 Å². The molecule has 0 atom stereocenters. The van der Waals surface area contributed by atoms with Crippen LogP contribution in [0.5, 0.6) is 5.75 Å². The van der Waals surface area contributed by atoms with Crippen molar-refractivity contribution in [1.29, 1.82) is 0 Å². The normalized spacial score (nSPS) is 11.3. The standard InChI is InChI=1S/C19H32O4S.K/c1-2-3-4-5-6-7-8-9-10-11-12-13-17-14-15-18(20)16-19(17)24(21,22)23;/h14-16,20H,2-13H2,1H3,(H,21,22,23);/q;+1/p-1. The van der Waals surface area contributed by atoms with Crippen LogP contribution in [-0.2, 0) is 16.5 Å². The Labute approximate surface area is 196 Å². The molecule has 6 heteroatoms. The summed E-state index contributed by atoms with van der Waals surface area (Å²) in [6, 6.07) is 3.87. The zero-order chi connectivity index (χ0) is 17.8. The molecule has 0 heterocycles. The molecule has 0 aromatic heterocycles. The number of aryl methyl sites for hydroxylation is 1. The van der Waals surface area contributed by atoms with Gasteiger partial charge < -0.3 is 5.11 Å². The quantitative estimate of drug-likeness (QED) is 0.315. The number of hydrogen-bond donors (Lipinski definition) is 1. The first kappa shape index (κ1) is 25.6. The molecular formula is C19H31KO4S. The fourth-order valence-electron chi connectivity index (χ4n) is 2.96. The molecule has 0 bridgehead atoms. The molecule has 0 aliphatic carbocycles. The monoisotopic (exact) mass is 394 g/mol. The Balaban J connectivity index is 0.00000576. The third-order valence-electron chi connectivity index (χ3n) is 4.37. The molecule has 1 aromatic rings. The van der Waals surface area contributed by atoms with Gasteiger partial charge in [0, 0.05) is 0 Å². The molecule has 1 aromatic carbocycles. The minimum Gasteiger partial charge on any atom is -0.872 e. The van der Waals surface area contributed by atoms with Gasteiger partial charge in [0.25, 0.3) is 10.1 Å². The molecule has 25 heavy (non-hydrogen) atoms. The minimum atomic E-state index is -4.32. The Kier molecular flexibility index (Phi) is 14.9. The van der Waals surface area contributed by atoms with E-state index in [1.807, 2.05) is 0 Å². The van der Waals surface area contributed by atoms with Gasteiger partial charge in [-0.3, -0.25) is 4.55 Å². The minimum absolute atomic E-state index is 0. The summed E-state index contributed by atoms with van der Waals surface area (Å²) in [6.45, 7) is 2.23. The molecule has 0 aliphatic rings. The van der Waals surface area contributed by atoms with Gasteiger partial charge in [-0.05, 0) is 24.5 Å². The van der Waals surface area contributed by atoms with Crippen molar-refractivity contribution in [1.82, 2.24) is 0 Å². The van der Waals surface area contributed by atoms with Crippen LogP contribution in [0.4, 0.5) is 0 Å². The Bertz CT molecular complexity index is 573. The van der Waals surface area contributed by atoms with Gasteiger partial charge in [0.1, 0.15) is 0 Å². The van der Waals surface area contributed by atoms with Crippen LogP contribution in [0.2, 0.25) is 0 Å². The largest absolute Gasteiger partial charge is 1.00 e. The summed E-state index contributed by atoms with van der Waals surface area (Å²) in [5.41, 5.74) is 0.535. The van der Waals surface area contributed by atoms with Gasteiger partial charge in [0.2, 0.25) is 0 Å². The van der Waals surface area contributed by atoms with Crippen LogP contribution in [0.25, 0.3) is 0 Å². The Morgan fingerprint density at radius 1 is 0.880 bits per heavy atom. The van der Waals surface area contributed by atoms with Crippen molar-refractivity contribution >= 4 is 10.1 Å². The van der Waals surface area contributed by atoms with Crippen LogP contribution in [-0.4, -0.2) is 13.0 Å². The van der Waals surface area contributed by atoms with E-state index in [4.69, 9.17) is 0 Å². The predicted octanol–water partition coefficient (Wildman–Crippen LogP) is 1.86. The Morgan fingerprint density at radius 2 is 1.36 bits per heavy atom. The summed E-state index contributed by atoms with van der Waals surface area (Å²) < 4.78 is 31.9. The maximum atomic E-state index is 11.3. The molecule has 0 aliphatic heterocycles. The van der Waals surface area contributed by atoms with Crippen LogP contribution in [0.15, 0.2) is 23.1 Å². The van der Waals surface area contributed by atoms with Crippen molar-refractivity contribution < 1.29 is 69.5 Å². The molecule has 4 nitrogen and oxygen atoms in total. The fourth-order valence-corrected chi connectivity index (χ4v) is 3.73. The Morgan fingerprint density at radius 3 is 1.84 bits per heavy atom. The summed E-state index contributed by atoms with van der Waals surface area (Å²) in [7, 11) is -4.32. The van der Waals surface area contributed by atoms with Gasteiger partial charge in [-0.15, -0.1) is 5.75 Å². The van der Waals surface area contributed by atoms with Crippen molar-refractivity contribution in [2.24, 2.45) is 0 Å². The van der Waals surface area contributed by atoms with Crippen LogP contribution >= 0.6 is 0 Å². The van der Waals surface area contributed by atoms with E-state index in [9.17, 15) is 18.1 Å². The summed E-state index contributed by atoms with van der Waals surface area (Å²) in [4.78, 5) is -0.234. The summed E-state index contributed by atoms with van der Waals surface area (Å²) in [5.74, 6) is -0.398. The second kappa shape index (κ2) is 14.6. The molecule has 0 amide bonds. The first-order valence-electron chi connectivity index (χ1n) is 9.22. The third kappa shape index (κ3) is 11.8. The summed E-state index contributed by atoms with van der Waals surface area (Å²) in [6.07, 6.45) is 14.1. The van der Waals surface area contributed by atoms with Gasteiger partial charge in [-0.1, -0.05) is 83.3 Å². The zero-order valence-corrected chi connectivity index (χ0v) is 19.7. The first-order chi connectivity index (χ1) is 11.4. The molecule has 138 valence electrons. The van der Waals surface area contributed by atoms with Crippen LogP contribution < -0.4 is 56.5 Å². The number of hydrogen-bond acceptors (Lipinski definition) is 3. The molecular weight excluding hydrogens is 363 g/mol. The SMILES string of the molecule is CCCCCCCCCCCCCc1ccc([O-])cc1S(=O)(=O)O.[K+]. The number of rotatable bonds is 13. The van der Waals surface area contributed by atoms with Crippen molar-refractivity contribution in [3.63, 3.8) is 0 Å². The van der Waals surface area contributed by atoms with E-state index in [-0.39, 0.29) is 56.3 Å². The molecule has 0 saturated carbocycles. The molecule has 0 spiro atoms. The first-order valence-corrected chi connectivity index (χ1v) is 10.7. The van der Waals surface area contributed by atoms with Crippen LogP contribution in [0, 0.1) is 0 Å². The van der Waals surface area contributed by atoms with Gasteiger partial charge in [-0.25, -0.2) is 0 Å². The smallest absolute Gasteiger partial charge is 0.872 e. The molecule has 1 rings (SSSR count). The van der Waals surface area contributed by atoms with E-state index in [1.165, 1.54) is 63.5 Å². The maximum absolute atomic E-state index is 11.3. The van der Waals surface area contributed by atoms with Gasteiger partial charge >= 0.3 is 51.4 Å². The fraction of sp³-hybridized carbons (Fsp3) is 0.684. The topological polar surface area (TPSA) is 77.4 Å². The molecule has 0 radical (unpaired) electrons. The molecule has 0 fully saturated rings. The van der Waals surface area contributed by atoms with Gasteiger partial charge in [-0.2, -0.15) is 8.42 Å². The predicted molar refractivity (Wildman–Crippen MR) is 95.9 cm³/mol. The van der Waals surface area contributed by atoms with E-state index in [1.54, 1.807) is 0 Å². The second-order valence-corrected chi connectivity index (χ2v) is 7.92. The average Bonchev–Trinajstić information content (AvgIpc) is 2.53. The summed E-state index contributed by atoms with van der Waals surface area (Å²) in [5, 5.41) is 11.3. The zero-order valence-electron chi connectivity index (χ0n) is 15.8.